The number of nitrogens with one attached hydrogen (secondary N) is 1. The van der Waals surface area contributed by atoms with Crippen molar-refractivity contribution >= 4 is 31.1 Å². The summed E-state index contributed by atoms with van der Waals surface area (Å²) >= 11 is 6.62. The number of carbonyl (C=O) groups is 1. The first kappa shape index (κ1) is 29.1. The van der Waals surface area contributed by atoms with E-state index in [4.69, 9.17) is 35.9 Å². The molecule has 0 saturated carbocycles. The maximum Gasteiger partial charge on any atom is 0.459 e. The number of esters is 1. The highest BCUT2D eigenvalue weighted by Gasteiger charge is 2.56. The molecule has 1 fully saturated rings. The number of hydrogen-bond donors (Lipinski definition) is 3. The van der Waals surface area contributed by atoms with E-state index in [0.29, 0.717) is 0 Å². The van der Waals surface area contributed by atoms with Crippen molar-refractivity contribution in [1.29, 1.82) is 0 Å². The number of aliphatic hydroxyl groups excluding tert-OH is 1. The fourth-order valence-electron chi connectivity index (χ4n) is 3.73. The minimum atomic E-state index is -4.26. The number of aliphatic hydroxyl groups is 1. The quantitative estimate of drug-likeness (QED) is 0.223. The third-order valence-corrected chi connectivity index (χ3v) is 7.73. The third-order valence-electron chi connectivity index (χ3n) is 5.56. The number of ether oxygens (including phenoxy) is 2. The van der Waals surface area contributed by atoms with Crippen LogP contribution in [0.1, 0.15) is 40.8 Å². The van der Waals surface area contributed by atoms with E-state index in [1.54, 1.807) is 44.2 Å². The third kappa shape index (κ3) is 6.90. The average molecular weight is 559 g/mol. The number of benzene rings is 1. The van der Waals surface area contributed by atoms with Crippen LogP contribution in [0.2, 0.25) is 0 Å². The molecule has 0 spiro atoms. The number of para-hydroxylation sites is 1. The summed E-state index contributed by atoms with van der Waals surface area (Å²) < 4.78 is 37.5. The van der Waals surface area contributed by atoms with Crippen molar-refractivity contribution in [3.05, 3.63) is 53.1 Å². The van der Waals surface area contributed by atoms with Gasteiger partial charge in [0.2, 0.25) is 0 Å². The molecular weight excluding hydrogens is 527 g/mol. The molecule has 1 aromatic carbocycles. The highest BCUT2D eigenvalue weighted by molar-refractivity contribution is 7.52. The van der Waals surface area contributed by atoms with Gasteiger partial charge in [-0.3, -0.25) is 13.9 Å². The second-order valence-electron chi connectivity index (χ2n) is 9.14. The molecule has 0 aliphatic carbocycles. The maximum absolute atomic E-state index is 13.8. The lowest BCUT2D eigenvalue weighted by molar-refractivity contribution is -0.149. The first-order chi connectivity index (χ1) is 17.2. The first-order valence-corrected chi connectivity index (χ1v) is 13.5. The molecule has 1 aromatic heterocycles. The van der Waals surface area contributed by atoms with Crippen LogP contribution in [0.5, 0.6) is 5.75 Å². The van der Waals surface area contributed by atoms with Crippen LogP contribution in [0.25, 0.3) is 0 Å². The number of rotatable bonds is 10. The Hall–Kier alpha value is -2.47. The molecule has 3 rings (SSSR count). The SMILES string of the molecule is CC(C)OC(=O)C(C)NP(=O)(Oc1ccccc1)OC(C)C1OC(n2ccc(N)nc2=O)C(C)(Cl)C1O. The molecule has 1 saturated heterocycles. The number of nitrogens with zero attached hydrogens (tertiary/aromatic N) is 2. The minimum absolute atomic E-state index is 0.0134. The highest BCUT2D eigenvalue weighted by Crippen LogP contribution is 2.50. The molecule has 2 heterocycles. The molecule has 0 bridgehead atoms. The van der Waals surface area contributed by atoms with E-state index >= 15 is 0 Å². The fraction of sp³-hybridized carbons (Fsp3) is 0.522. The van der Waals surface area contributed by atoms with Gasteiger partial charge in [0, 0.05) is 6.20 Å². The lowest BCUT2D eigenvalue weighted by atomic mass is 9.98. The van der Waals surface area contributed by atoms with E-state index in [9.17, 15) is 19.3 Å². The van der Waals surface area contributed by atoms with Crippen LogP contribution < -0.4 is 21.0 Å². The Balaban J connectivity index is 1.85. The van der Waals surface area contributed by atoms with Gasteiger partial charge in [-0.25, -0.2) is 9.36 Å². The van der Waals surface area contributed by atoms with Crippen LogP contribution in [-0.2, 0) is 23.4 Å². The van der Waals surface area contributed by atoms with Crippen LogP contribution in [0.15, 0.2) is 47.4 Å². The van der Waals surface area contributed by atoms with Gasteiger partial charge in [-0.15, -0.1) is 11.6 Å². The Labute approximate surface area is 219 Å². The standard InChI is InChI=1S/C23H32ClN4O8P/c1-13(2)33-20(30)14(3)27-37(32,36-16-9-7-6-8-10-16)35-15(4)18-19(29)23(5,24)21(34-18)28-12-11-17(25)26-22(28)31/h6-15,18-19,21,29H,1-5H3,(H,27,32)(H2,25,26,31). The van der Waals surface area contributed by atoms with Gasteiger partial charge in [0.15, 0.2) is 6.23 Å². The Morgan fingerprint density at radius 1 is 1.27 bits per heavy atom. The molecule has 7 atom stereocenters. The number of halogens is 1. The summed E-state index contributed by atoms with van der Waals surface area (Å²) in [6, 6.07) is 8.54. The van der Waals surface area contributed by atoms with Gasteiger partial charge in [0.05, 0.1) is 12.2 Å². The summed E-state index contributed by atoms with van der Waals surface area (Å²) in [6.07, 6.45) is -3.80. The molecule has 0 amide bonds. The van der Waals surface area contributed by atoms with Crippen molar-refractivity contribution in [2.75, 3.05) is 5.73 Å². The van der Waals surface area contributed by atoms with Gasteiger partial charge >= 0.3 is 19.4 Å². The largest absolute Gasteiger partial charge is 0.462 e. The molecule has 7 unspecified atom stereocenters. The molecule has 204 valence electrons. The van der Waals surface area contributed by atoms with Crippen molar-refractivity contribution in [2.45, 2.75) is 76.2 Å². The van der Waals surface area contributed by atoms with Crippen molar-refractivity contribution in [1.82, 2.24) is 14.6 Å². The lowest BCUT2D eigenvalue weighted by Crippen LogP contribution is -2.44. The number of nitrogens with two attached hydrogens (primary N) is 1. The normalized spacial score (nSPS) is 26.9. The Kier molecular flexibility index (Phi) is 9.05. The van der Waals surface area contributed by atoms with Crippen LogP contribution in [0.3, 0.4) is 0 Å². The minimum Gasteiger partial charge on any atom is -0.462 e. The van der Waals surface area contributed by atoms with Crippen LogP contribution in [0.4, 0.5) is 5.82 Å². The van der Waals surface area contributed by atoms with Gasteiger partial charge in [0.1, 0.15) is 34.7 Å². The first-order valence-electron chi connectivity index (χ1n) is 11.6. The molecule has 2 aromatic rings. The number of nitrogen functional groups attached to an aromatic ring is 1. The van der Waals surface area contributed by atoms with Gasteiger partial charge < -0.3 is 24.8 Å². The van der Waals surface area contributed by atoms with E-state index in [1.165, 1.54) is 33.0 Å². The van der Waals surface area contributed by atoms with Crippen LogP contribution >= 0.6 is 19.3 Å². The number of anilines is 1. The van der Waals surface area contributed by atoms with E-state index in [0.717, 1.165) is 4.57 Å². The zero-order chi connectivity index (χ0) is 27.5. The number of alkyl halides is 1. The van der Waals surface area contributed by atoms with E-state index in [-0.39, 0.29) is 11.6 Å². The fourth-order valence-corrected chi connectivity index (χ4v) is 5.71. The van der Waals surface area contributed by atoms with Crippen molar-refractivity contribution in [3.63, 3.8) is 0 Å². The lowest BCUT2D eigenvalue weighted by Gasteiger charge is -2.29. The second kappa shape index (κ2) is 11.5. The molecule has 14 heteroatoms. The Morgan fingerprint density at radius 3 is 2.51 bits per heavy atom. The van der Waals surface area contributed by atoms with Crippen LogP contribution in [-0.4, -0.2) is 56.0 Å². The van der Waals surface area contributed by atoms with Gasteiger partial charge in [-0.1, -0.05) is 18.2 Å². The van der Waals surface area contributed by atoms with E-state index < -0.39 is 61.0 Å². The van der Waals surface area contributed by atoms with E-state index in [2.05, 4.69) is 10.1 Å². The summed E-state index contributed by atoms with van der Waals surface area (Å²) in [7, 11) is -4.26. The van der Waals surface area contributed by atoms with Crippen molar-refractivity contribution < 1.29 is 33.0 Å². The molecule has 0 radical (unpaired) electrons. The zero-order valence-electron chi connectivity index (χ0n) is 21.1. The smallest absolute Gasteiger partial charge is 0.459 e. The predicted molar refractivity (Wildman–Crippen MR) is 136 cm³/mol. The molecular formula is C23H32ClN4O8P. The van der Waals surface area contributed by atoms with Crippen LogP contribution in [0, 0.1) is 0 Å². The molecule has 1 aliphatic heterocycles. The molecule has 1 aliphatic rings. The number of aromatic nitrogens is 2. The van der Waals surface area contributed by atoms with Gasteiger partial charge in [-0.05, 0) is 52.8 Å². The Bertz CT molecular complexity index is 1190. The van der Waals surface area contributed by atoms with Gasteiger partial charge in [-0.2, -0.15) is 10.1 Å². The maximum atomic E-state index is 13.8. The number of hydrogen-bond acceptors (Lipinski definition) is 10. The van der Waals surface area contributed by atoms with Gasteiger partial charge in [0.25, 0.3) is 0 Å². The monoisotopic (exact) mass is 558 g/mol. The average Bonchev–Trinajstić information content (AvgIpc) is 3.03. The summed E-state index contributed by atoms with van der Waals surface area (Å²) in [5, 5.41) is 13.6. The summed E-state index contributed by atoms with van der Waals surface area (Å²) in [6.45, 7) is 7.80. The topological polar surface area (TPSA) is 164 Å². The summed E-state index contributed by atoms with van der Waals surface area (Å²) in [5.41, 5.74) is 4.84. The molecule has 37 heavy (non-hydrogen) atoms. The highest BCUT2D eigenvalue weighted by atomic mass is 35.5. The zero-order valence-corrected chi connectivity index (χ0v) is 22.8. The molecule has 12 nitrogen and oxygen atoms in total. The number of carbonyl (C=O) groups excluding carboxylic acids is 1. The predicted octanol–water partition coefficient (Wildman–Crippen LogP) is 2.60. The summed E-state index contributed by atoms with van der Waals surface area (Å²) in [4.78, 5) is 26.9. The van der Waals surface area contributed by atoms with Crippen molar-refractivity contribution in [3.8, 4) is 5.75 Å². The Morgan fingerprint density at radius 2 is 1.92 bits per heavy atom. The van der Waals surface area contributed by atoms with Crippen molar-refractivity contribution in [2.24, 2.45) is 0 Å². The molecule has 4 N–H and O–H groups in total. The second-order valence-corrected chi connectivity index (χ2v) is 11.6. The van der Waals surface area contributed by atoms with E-state index in [1.807, 2.05) is 0 Å². The summed E-state index contributed by atoms with van der Waals surface area (Å²) in [5.74, 6) is -0.439.